The molecule has 164 valence electrons. The lowest BCUT2D eigenvalue weighted by Gasteiger charge is -2.25. The number of hydrogen-bond acceptors (Lipinski definition) is 5. The van der Waals surface area contributed by atoms with Crippen molar-refractivity contribution in [2.24, 2.45) is 0 Å². The first-order chi connectivity index (χ1) is 14.2. The van der Waals surface area contributed by atoms with Gasteiger partial charge in [0.1, 0.15) is 12.4 Å². The van der Waals surface area contributed by atoms with Crippen LogP contribution in [-0.2, 0) is 29.7 Å². The van der Waals surface area contributed by atoms with Gasteiger partial charge in [0.05, 0.1) is 12.5 Å². The quantitative estimate of drug-likeness (QED) is 0.672. The fraction of sp³-hybridized carbons (Fsp3) is 0.591. The zero-order valence-electron chi connectivity index (χ0n) is 18.3. The number of ether oxygens (including phenoxy) is 1. The summed E-state index contributed by atoms with van der Waals surface area (Å²) < 4.78 is 34.1. The number of fused-ring (bicyclic) bond motifs is 1. The highest BCUT2D eigenvalue weighted by Gasteiger charge is 2.35. The third kappa shape index (κ3) is 4.87. The van der Waals surface area contributed by atoms with Crippen molar-refractivity contribution in [3.8, 4) is 5.75 Å². The van der Waals surface area contributed by atoms with Crippen molar-refractivity contribution in [1.82, 2.24) is 19.0 Å². The van der Waals surface area contributed by atoms with Gasteiger partial charge in [-0.25, -0.2) is 8.42 Å². The van der Waals surface area contributed by atoms with Gasteiger partial charge in [-0.05, 0) is 51.3 Å². The Hall–Kier alpha value is -1.90. The summed E-state index contributed by atoms with van der Waals surface area (Å²) in [5.41, 5.74) is 3.31. The Morgan fingerprint density at radius 3 is 2.67 bits per heavy atom. The van der Waals surface area contributed by atoms with Gasteiger partial charge < -0.3 is 4.74 Å². The van der Waals surface area contributed by atoms with Gasteiger partial charge in [0.15, 0.2) is 0 Å². The van der Waals surface area contributed by atoms with Gasteiger partial charge in [0.25, 0.3) is 0 Å². The molecule has 1 aromatic heterocycles. The van der Waals surface area contributed by atoms with E-state index in [1.165, 1.54) is 11.8 Å². The molecule has 0 radical (unpaired) electrons. The van der Waals surface area contributed by atoms with Crippen LogP contribution in [0.5, 0.6) is 5.75 Å². The Balaban J connectivity index is 1.53. The third-order valence-electron chi connectivity index (χ3n) is 5.89. The Bertz CT molecular complexity index is 998. The molecular weight excluding hydrogens is 400 g/mol. The van der Waals surface area contributed by atoms with Gasteiger partial charge >= 0.3 is 0 Å². The van der Waals surface area contributed by atoms with E-state index < -0.39 is 10.0 Å². The van der Waals surface area contributed by atoms with Crippen molar-refractivity contribution in [2.45, 2.75) is 71.4 Å². The summed E-state index contributed by atoms with van der Waals surface area (Å²) in [7, 11) is -3.21. The maximum atomic E-state index is 12.2. The summed E-state index contributed by atoms with van der Waals surface area (Å²) in [4.78, 5) is 2.40. The summed E-state index contributed by atoms with van der Waals surface area (Å²) in [5.74, 6) is 0.892. The molecular formula is C22H32N4O3S. The van der Waals surface area contributed by atoms with Crippen molar-refractivity contribution in [2.75, 3.05) is 12.9 Å². The molecule has 1 aromatic carbocycles. The first-order valence-corrected chi connectivity index (χ1v) is 12.5. The van der Waals surface area contributed by atoms with Gasteiger partial charge in [-0.3, -0.25) is 9.58 Å². The van der Waals surface area contributed by atoms with Crippen molar-refractivity contribution in [1.29, 1.82) is 0 Å². The zero-order valence-corrected chi connectivity index (χ0v) is 19.1. The van der Waals surface area contributed by atoms with Crippen molar-refractivity contribution in [3.63, 3.8) is 0 Å². The highest BCUT2D eigenvalue weighted by Crippen LogP contribution is 2.32. The second-order valence-corrected chi connectivity index (χ2v) is 10.9. The molecule has 30 heavy (non-hydrogen) atoms. The summed E-state index contributed by atoms with van der Waals surface area (Å²) in [6.45, 7) is 9.04. The maximum absolute atomic E-state index is 12.2. The molecule has 8 heteroatoms. The van der Waals surface area contributed by atoms with Gasteiger partial charge in [0.2, 0.25) is 10.0 Å². The number of benzene rings is 1. The van der Waals surface area contributed by atoms with E-state index >= 15 is 0 Å². The molecule has 2 aliphatic rings. The Kier molecular flexibility index (Phi) is 5.92. The van der Waals surface area contributed by atoms with Crippen LogP contribution in [-0.4, -0.2) is 52.3 Å². The smallest absolute Gasteiger partial charge is 0.211 e. The predicted octanol–water partition coefficient (Wildman–Crippen LogP) is 3.17. The lowest BCUT2D eigenvalue weighted by molar-refractivity contribution is 0.151. The van der Waals surface area contributed by atoms with Crippen LogP contribution in [0.4, 0.5) is 0 Å². The average Bonchev–Trinajstić information content (AvgIpc) is 3.42. The molecule has 0 saturated heterocycles. The van der Waals surface area contributed by atoms with Gasteiger partial charge in [-0.15, -0.1) is 0 Å². The number of rotatable bonds is 7. The van der Waals surface area contributed by atoms with Crippen LogP contribution in [0.3, 0.4) is 0 Å². The maximum Gasteiger partial charge on any atom is 0.211 e. The van der Waals surface area contributed by atoms with Crippen LogP contribution in [0.25, 0.3) is 0 Å². The molecule has 0 N–H and O–H groups in total. The molecule has 1 aliphatic carbocycles. The molecule has 2 aromatic rings. The minimum Gasteiger partial charge on any atom is -0.492 e. The first kappa shape index (κ1) is 21.3. The second-order valence-electron chi connectivity index (χ2n) is 8.97. The molecule has 2 heterocycles. The predicted molar refractivity (Wildman–Crippen MR) is 117 cm³/mol. The molecule has 1 fully saturated rings. The molecule has 1 aliphatic heterocycles. The molecule has 1 saturated carbocycles. The van der Waals surface area contributed by atoms with Gasteiger partial charge in [0, 0.05) is 55.1 Å². The van der Waals surface area contributed by atoms with E-state index in [2.05, 4.69) is 43.0 Å². The van der Waals surface area contributed by atoms with Crippen LogP contribution < -0.4 is 4.74 Å². The van der Waals surface area contributed by atoms with Crippen LogP contribution in [0.1, 0.15) is 56.3 Å². The van der Waals surface area contributed by atoms with E-state index in [1.54, 1.807) is 4.31 Å². The Labute approximate surface area is 179 Å². The van der Waals surface area contributed by atoms with Crippen LogP contribution in [0.2, 0.25) is 0 Å². The summed E-state index contributed by atoms with van der Waals surface area (Å²) in [6.07, 6.45) is 7.26. The zero-order chi connectivity index (χ0) is 21.5. The number of sulfonamides is 1. The molecule has 7 nitrogen and oxygen atoms in total. The molecule has 0 amide bonds. The minimum absolute atomic E-state index is 0.157. The largest absolute Gasteiger partial charge is 0.492 e. The average molecular weight is 433 g/mol. The lowest BCUT2D eigenvalue weighted by atomic mass is 10.1. The third-order valence-corrected chi connectivity index (χ3v) is 7.17. The van der Waals surface area contributed by atoms with E-state index in [4.69, 9.17) is 4.74 Å². The van der Waals surface area contributed by atoms with E-state index in [1.807, 2.05) is 23.0 Å². The van der Waals surface area contributed by atoms with Gasteiger partial charge in [-0.1, -0.05) is 6.07 Å². The monoisotopic (exact) mass is 432 g/mol. The number of nitrogens with zero attached hydrogens (tertiary/aromatic N) is 4. The Morgan fingerprint density at radius 2 is 2.03 bits per heavy atom. The molecule has 1 atom stereocenters. The topological polar surface area (TPSA) is 67.7 Å². The fourth-order valence-corrected chi connectivity index (χ4v) is 5.07. The highest BCUT2D eigenvalue weighted by atomic mass is 32.2. The number of aromatic nitrogens is 2. The SMILES string of the molecule is CC(C)n1cc(CN2Cc3cc(CN(C4CC4)S(C)(=O)=O)ccc3OC[C@@H]2C)cn1. The van der Waals surface area contributed by atoms with Crippen molar-refractivity contribution < 1.29 is 13.2 Å². The molecule has 0 bridgehead atoms. The summed E-state index contributed by atoms with van der Waals surface area (Å²) in [5, 5.41) is 4.46. The van der Waals surface area contributed by atoms with Crippen molar-refractivity contribution >= 4 is 10.0 Å². The van der Waals surface area contributed by atoms with E-state index in [0.29, 0.717) is 19.2 Å². The summed E-state index contributed by atoms with van der Waals surface area (Å²) >= 11 is 0. The molecule has 0 unspecified atom stereocenters. The van der Waals surface area contributed by atoms with Crippen LogP contribution >= 0.6 is 0 Å². The molecule has 4 rings (SSSR count). The summed E-state index contributed by atoms with van der Waals surface area (Å²) in [6, 6.07) is 6.86. The highest BCUT2D eigenvalue weighted by molar-refractivity contribution is 7.88. The second kappa shape index (κ2) is 8.32. The standard InChI is InChI=1S/C22H32N4O3S/c1-16(2)25-12-19(10-23-25)11-24-14-20-9-18(5-8-22(20)29-15-17(24)3)13-26(21-6-7-21)30(4,27)28/h5,8-10,12,16-17,21H,6-7,11,13-15H2,1-4H3/t17-/m0/s1. The first-order valence-electron chi connectivity index (χ1n) is 10.7. The minimum atomic E-state index is -3.21. The molecule has 0 spiro atoms. The van der Waals surface area contributed by atoms with Gasteiger partial charge in [-0.2, -0.15) is 9.40 Å². The normalized spacial score (nSPS) is 20.3. The lowest BCUT2D eigenvalue weighted by Crippen LogP contribution is -2.34. The fourth-order valence-electron chi connectivity index (χ4n) is 3.93. The number of hydrogen-bond donors (Lipinski definition) is 0. The van der Waals surface area contributed by atoms with E-state index in [-0.39, 0.29) is 12.1 Å². The van der Waals surface area contributed by atoms with E-state index in [0.717, 1.165) is 42.8 Å². The van der Waals surface area contributed by atoms with E-state index in [9.17, 15) is 8.42 Å². The van der Waals surface area contributed by atoms with Crippen LogP contribution in [0.15, 0.2) is 30.6 Å². The van der Waals surface area contributed by atoms with Crippen LogP contribution in [0, 0.1) is 0 Å². The Morgan fingerprint density at radius 1 is 1.27 bits per heavy atom. The van der Waals surface area contributed by atoms with Crippen molar-refractivity contribution in [3.05, 3.63) is 47.3 Å².